The van der Waals surface area contributed by atoms with Crippen LogP contribution < -0.4 is 10.6 Å². The van der Waals surface area contributed by atoms with Crippen molar-refractivity contribution in [2.24, 2.45) is 0 Å². The normalized spacial score (nSPS) is 17.1. The zero-order valence-corrected chi connectivity index (χ0v) is 13.8. The van der Waals surface area contributed by atoms with Crippen molar-refractivity contribution < 1.29 is 4.79 Å². The topological polar surface area (TPSA) is 59.0 Å². The van der Waals surface area contributed by atoms with Crippen molar-refractivity contribution in [3.8, 4) is 0 Å². The molecule has 0 bridgehead atoms. The Labute approximate surface area is 138 Å². The van der Waals surface area contributed by atoms with E-state index in [9.17, 15) is 4.79 Å². The molecule has 1 amide bonds. The summed E-state index contributed by atoms with van der Waals surface area (Å²) in [6, 6.07) is 9.84. The van der Waals surface area contributed by atoms with Gasteiger partial charge in [0, 0.05) is 23.4 Å². The highest BCUT2D eigenvalue weighted by Crippen LogP contribution is 2.27. The van der Waals surface area contributed by atoms with E-state index in [1.807, 2.05) is 41.2 Å². The Kier molecular flexibility index (Phi) is 4.59. The predicted octanol–water partition coefficient (Wildman–Crippen LogP) is 2.04. The fourth-order valence-electron chi connectivity index (χ4n) is 2.87. The Morgan fingerprint density at radius 1 is 1.32 bits per heavy atom. The van der Waals surface area contributed by atoms with Gasteiger partial charge in [-0.2, -0.15) is 5.10 Å². The van der Waals surface area contributed by atoms with Gasteiger partial charge >= 0.3 is 0 Å². The van der Waals surface area contributed by atoms with Crippen LogP contribution in [0.3, 0.4) is 0 Å². The number of nitrogens with one attached hydrogen (secondary N) is 2. The highest BCUT2D eigenvalue weighted by atomic mass is 79.9. The molecular formula is C16H19BrN4O. The van der Waals surface area contributed by atoms with Gasteiger partial charge in [-0.3, -0.25) is 9.48 Å². The molecule has 2 heterocycles. The van der Waals surface area contributed by atoms with E-state index in [0.717, 1.165) is 36.0 Å². The molecule has 0 radical (unpaired) electrons. The van der Waals surface area contributed by atoms with E-state index < -0.39 is 5.54 Å². The molecule has 2 N–H and O–H groups in total. The predicted molar refractivity (Wildman–Crippen MR) is 88.3 cm³/mol. The van der Waals surface area contributed by atoms with Gasteiger partial charge in [0.2, 0.25) is 5.91 Å². The standard InChI is InChI=1S/C16H19BrN4O/c17-14-4-2-13(3-5-14)12-19-15(22)16(6-9-18-10-7-16)21-11-1-8-20-21/h1-5,8,11,18H,6-7,9-10,12H2,(H,19,22). The number of carbonyl (C=O) groups is 1. The second-order valence-corrected chi connectivity index (χ2v) is 6.46. The van der Waals surface area contributed by atoms with Crippen LogP contribution in [0.5, 0.6) is 0 Å². The number of aromatic nitrogens is 2. The first-order chi connectivity index (χ1) is 10.7. The summed E-state index contributed by atoms with van der Waals surface area (Å²) in [7, 11) is 0. The number of benzene rings is 1. The summed E-state index contributed by atoms with van der Waals surface area (Å²) < 4.78 is 2.85. The van der Waals surface area contributed by atoms with Crippen LogP contribution in [0.15, 0.2) is 47.2 Å². The first kappa shape index (κ1) is 15.2. The van der Waals surface area contributed by atoms with E-state index >= 15 is 0 Å². The van der Waals surface area contributed by atoms with E-state index in [0.29, 0.717) is 6.54 Å². The zero-order chi connectivity index (χ0) is 15.4. The molecule has 0 saturated carbocycles. The molecule has 2 aromatic rings. The van der Waals surface area contributed by atoms with Gasteiger partial charge in [0.15, 0.2) is 0 Å². The number of hydrogen-bond acceptors (Lipinski definition) is 3. The maximum absolute atomic E-state index is 12.8. The van der Waals surface area contributed by atoms with Crippen LogP contribution in [0.4, 0.5) is 0 Å². The summed E-state index contributed by atoms with van der Waals surface area (Å²) >= 11 is 3.42. The first-order valence-electron chi connectivity index (χ1n) is 7.44. The maximum Gasteiger partial charge on any atom is 0.248 e. The summed E-state index contributed by atoms with van der Waals surface area (Å²) in [4.78, 5) is 12.8. The van der Waals surface area contributed by atoms with Gasteiger partial charge in [0.1, 0.15) is 5.54 Å². The average molecular weight is 363 g/mol. The molecule has 3 rings (SSSR count). The van der Waals surface area contributed by atoms with Crippen molar-refractivity contribution in [2.45, 2.75) is 24.9 Å². The lowest BCUT2D eigenvalue weighted by Crippen LogP contribution is -2.54. The lowest BCUT2D eigenvalue weighted by atomic mass is 9.87. The van der Waals surface area contributed by atoms with Crippen LogP contribution in [0.25, 0.3) is 0 Å². The minimum absolute atomic E-state index is 0.0422. The zero-order valence-electron chi connectivity index (χ0n) is 12.3. The lowest BCUT2D eigenvalue weighted by Gasteiger charge is -2.36. The van der Waals surface area contributed by atoms with Gasteiger partial charge < -0.3 is 10.6 Å². The number of piperidine rings is 1. The summed E-state index contributed by atoms with van der Waals surface area (Å²) in [6.45, 7) is 2.18. The van der Waals surface area contributed by atoms with Gasteiger partial charge in [-0.05, 0) is 49.7 Å². The quantitative estimate of drug-likeness (QED) is 0.874. The number of carbonyl (C=O) groups excluding carboxylic acids is 1. The van der Waals surface area contributed by atoms with Gasteiger partial charge in [0.25, 0.3) is 0 Å². The molecule has 0 unspecified atom stereocenters. The second-order valence-electron chi connectivity index (χ2n) is 5.54. The van der Waals surface area contributed by atoms with E-state index in [-0.39, 0.29) is 5.91 Å². The van der Waals surface area contributed by atoms with Crippen LogP contribution in [-0.2, 0) is 16.9 Å². The Morgan fingerprint density at radius 2 is 2.05 bits per heavy atom. The monoisotopic (exact) mass is 362 g/mol. The molecular weight excluding hydrogens is 344 g/mol. The third kappa shape index (κ3) is 3.08. The molecule has 5 nitrogen and oxygen atoms in total. The Hall–Kier alpha value is -1.66. The highest BCUT2D eigenvalue weighted by Gasteiger charge is 2.41. The molecule has 1 aromatic carbocycles. The fraction of sp³-hybridized carbons (Fsp3) is 0.375. The fourth-order valence-corrected chi connectivity index (χ4v) is 3.14. The molecule has 116 valence electrons. The average Bonchev–Trinajstić information content (AvgIpc) is 3.09. The molecule has 0 atom stereocenters. The van der Waals surface area contributed by atoms with Crippen LogP contribution in [0.2, 0.25) is 0 Å². The maximum atomic E-state index is 12.8. The molecule has 1 saturated heterocycles. The smallest absolute Gasteiger partial charge is 0.248 e. The minimum atomic E-state index is -0.579. The lowest BCUT2D eigenvalue weighted by molar-refractivity contribution is -0.132. The second kappa shape index (κ2) is 6.62. The summed E-state index contributed by atoms with van der Waals surface area (Å²) in [5.74, 6) is 0.0422. The largest absolute Gasteiger partial charge is 0.350 e. The minimum Gasteiger partial charge on any atom is -0.350 e. The molecule has 22 heavy (non-hydrogen) atoms. The molecule has 1 fully saturated rings. The van der Waals surface area contributed by atoms with E-state index in [1.165, 1.54) is 0 Å². The van der Waals surface area contributed by atoms with Crippen molar-refractivity contribution in [1.82, 2.24) is 20.4 Å². The van der Waals surface area contributed by atoms with Crippen LogP contribution >= 0.6 is 15.9 Å². The number of rotatable bonds is 4. The van der Waals surface area contributed by atoms with E-state index in [2.05, 4.69) is 31.7 Å². The van der Waals surface area contributed by atoms with Crippen LogP contribution in [-0.4, -0.2) is 28.8 Å². The molecule has 1 aliphatic heterocycles. The third-order valence-electron chi connectivity index (χ3n) is 4.16. The van der Waals surface area contributed by atoms with Gasteiger partial charge in [0.05, 0.1) is 0 Å². The number of hydrogen-bond donors (Lipinski definition) is 2. The number of halogens is 1. The summed E-state index contributed by atoms with van der Waals surface area (Å²) in [6.07, 6.45) is 5.11. The SMILES string of the molecule is O=C(NCc1ccc(Br)cc1)C1(n2cccn2)CCNCC1. The Balaban J connectivity index is 1.74. The summed E-state index contributed by atoms with van der Waals surface area (Å²) in [5.41, 5.74) is 0.505. The Morgan fingerprint density at radius 3 is 2.68 bits per heavy atom. The van der Waals surface area contributed by atoms with E-state index in [4.69, 9.17) is 0 Å². The van der Waals surface area contributed by atoms with Crippen molar-refractivity contribution in [3.05, 3.63) is 52.8 Å². The molecule has 1 aliphatic rings. The molecule has 0 aliphatic carbocycles. The molecule has 1 aromatic heterocycles. The molecule has 6 heteroatoms. The van der Waals surface area contributed by atoms with Gasteiger partial charge in [-0.25, -0.2) is 0 Å². The van der Waals surface area contributed by atoms with Crippen molar-refractivity contribution in [2.75, 3.05) is 13.1 Å². The first-order valence-corrected chi connectivity index (χ1v) is 8.24. The summed E-state index contributed by atoms with van der Waals surface area (Å²) in [5, 5.41) is 10.7. The van der Waals surface area contributed by atoms with Gasteiger partial charge in [-0.15, -0.1) is 0 Å². The number of nitrogens with zero attached hydrogens (tertiary/aromatic N) is 2. The van der Waals surface area contributed by atoms with Crippen molar-refractivity contribution in [1.29, 1.82) is 0 Å². The third-order valence-corrected chi connectivity index (χ3v) is 4.69. The van der Waals surface area contributed by atoms with Gasteiger partial charge in [-0.1, -0.05) is 28.1 Å². The van der Waals surface area contributed by atoms with E-state index in [1.54, 1.807) is 6.20 Å². The van der Waals surface area contributed by atoms with Crippen LogP contribution in [0.1, 0.15) is 18.4 Å². The van der Waals surface area contributed by atoms with Crippen molar-refractivity contribution in [3.63, 3.8) is 0 Å². The highest BCUT2D eigenvalue weighted by molar-refractivity contribution is 9.10. The van der Waals surface area contributed by atoms with Crippen LogP contribution in [0, 0.1) is 0 Å². The van der Waals surface area contributed by atoms with Crippen molar-refractivity contribution >= 4 is 21.8 Å². The molecule has 0 spiro atoms. The number of amides is 1. The Bertz CT molecular complexity index is 618.